The van der Waals surface area contributed by atoms with Gasteiger partial charge in [-0.25, -0.2) is 4.99 Å². The van der Waals surface area contributed by atoms with Crippen molar-refractivity contribution in [2.75, 3.05) is 7.11 Å². The number of hydrogen-bond acceptors (Lipinski definition) is 2. The van der Waals surface area contributed by atoms with E-state index in [1.165, 1.54) is 0 Å². The van der Waals surface area contributed by atoms with Crippen molar-refractivity contribution in [1.82, 2.24) is 0 Å². The highest BCUT2D eigenvalue weighted by Gasteiger charge is 2.03. The molecule has 0 bridgehead atoms. The minimum Gasteiger partial charge on any atom is -0.484 e. The molecule has 2 nitrogen and oxygen atoms in total. The fourth-order valence-corrected chi connectivity index (χ4v) is 0.645. The van der Waals surface area contributed by atoms with Crippen LogP contribution in [0.2, 0.25) is 0 Å². The summed E-state index contributed by atoms with van der Waals surface area (Å²) in [7, 11) is 1.64. The number of aliphatic imine (C=N–C) groups is 1. The van der Waals surface area contributed by atoms with Gasteiger partial charge in [0, 0.05) is 11.6 Å². The third-order valence-electron chi connectivity index (χ3n) is 1.38. The number of rotatable bonds is 3. The quantitative estimate of drug-likeness (QED) is 0.453. The SMILES string of the molecule is C=C(CC)N=C(OC)C(C)C. The third kappa shape index (κ3) is 3.81. The zero-order valence-electron chi connectivity index (χ0n) is 7.85. The molecule has 0 N–H and O–H groups in total. The highest BCUT2D eigenvalue weighted by molar-refractivity contribution is 5.78. The van der Waals surface area contributed by atoms with Gasteiger partial charge in [-0.05, 0) is 6.42 Å². The van der Waals surface area contributed by atoms with E-state index in [-0.39, 0.29) is 0 Å². The number of allylic oxidation sites excluding steroid dienone is 1. The Balaban J connectivity index is 4.23. The molecule has 0 atom stereocenters. The molecule has 0 heterocycles. The largest absolute Gasteiger partial charge is 0.484 e. The molecule has 64 valence electrons. The van der Waals surface area contributed by atoms with Gasteiger partial charge in [-0.15, -0.1) is 0 Å². The molecule has 0 aliphatic heterocycles. The Labute approximate surface area is 69.0 Å². The third-order valence-corrected chi connectivity index (χ3v) is 1.38. The minimum absolute atomic E-state index is 0.336. The summed E-state index contributed by atoms with van der Waals surface area (Å²) < 4.78 is 5.07. The maximum Gasteiger partial charge on any atom is 0.190 e. The van der Waals surface area contributed by atoms with E-state index in [1.54, 1.807) is 7.11 Å². The fourth-order valence-electron chi connectivity index (χ4n) is 0.645. The van der Waals surface area contributed by atoms with E-state index in [9.17, 15) is 0 Å². The van der Waals surface area contributed by atoms with Gasteiger partial charge in [-0.3, -0.25) is 0 Å². The highest BCUT2D eigenvalue weighted by atomic mass is 16.5. The molecule has 0 saturated heterocycles. The number of hydrogen-bond donors (Lipinski definition) is 0. The van der Waals surface area contributed by atoms with Gasteiger partial charge in [0.05, 0.1) is 7.11 Å². The maximum atomic E-state index is 5.07. The second-order valence-electron chi connectivity index (χ2n) is 2.73. The van der Waals surface area contributed by atoms with Crippen LogP contribution in [0.5, 0.6) is 0 Å². The lowest BCUT2D eigenvalue weighted by Gasteiger charge is -2.07. The van der Waals surface area contributed by atoms with Crippen molar-refractivity contribution in [3.63, 3.8) is 0 Å². The molecule has 0 aromatic rings. The van der Waals surface area contributed by atoms with Crippen LogP contribution >= 0.6 is 0 Å². The fraction of sp³-hybridized carbons (Fsp3) is 0.667. The van der Waals surface area contributed by atoms with Crippen molar-refractivity contribution in [2.45, 2.75) is 27.2 Å². The van der Waals surface area contributed by atoms with Crippen LogP contribution in [-0.4, -0.2) is 13.0 Å². The average molecular weight is 155 g/mol. The number of methoxy groups -OCH3 is 1. The minimum atomic E-state index is 0.336. The van der Waals surface area contributed by atoms with E-state index in [0.717, 1.165) is 18.0 Å². The molecule has 0 aromatic heterocycles. The van der Waals surface area contributed by atoms with Crippen molar-refractivity contribution in [1.29, 1.82) is 0 Å². The molecular formula is C9H17NO. The average Bonchev–Trinajstić information content (AvgIpc) is 1.99. The highest BCUT2D eigenvalue weighted by Crippen LogP contribution is 2.04. The molecule has 0 spiro atoms. The van der Waals surface area contributed by atoms with Crippen LogP contribution in [0, 0.1) is 5.92 Å². The van der Waals surface area contributed by atoms with Gasteiger partial charge in [0.1, 0.15) is 0 Å². The van der Waals surface area contributed by atoms with Gasteiger partial charge in [0.25, 0.3) is 0 Å². The molecule has 2 heteroatoms. The molecule has 0 amide bonds. The normalized spacial score (nSPS) is 11.9. The molecule has 0 saturated carbocycles. The summed E-state index contributed by atoms with van der Waals surface area (Å²) in [5.74, 6) is 1.10. The molecule has 0 rings (SSSR count). The summed E-state index contributed by atoms with van der Waals surface area (Å²) in [6, 6.07) is 0. The lowest BCUT2D eigenvalue weighted by molar-refractivity contribution is 0.374. The van der Waals surface area contributed by atoms with Crippen LogP contribution in [0.3, 0.4) is 0 Å². The molecule has 0 aliphatic carbocycles. The Morgan fingerprint density at radius 2 is 2.09 bits per heavy atom. The predicted molar refractivity (Wildman–Crippen MR) is 48.7 cm³/mol. The van der Waals surface area contributed by atoms with Gasteiger partial charge in [-0.2, -0.15) is 0 Å². The summed E-state index contributed by atoms with van der Waals surface area (Å²) in [4.78, 5) is 4.21. The first-order valence-corrected chi connectivity index (χ1v) is 3.92. The standard InChI is InChI=1S/C9H17NO/c1-6-8(4)10-9(11-5)7(2)3/h7H,4,6H2,1-3,5H3. The number of ether oxygens (including phenoxy) is 1. The summed E-state index contributed by atoms with van der Waals surface area (Å²) in [6.45, 7) is 9.90. The zero-order valence-corrected chi connectivity index (χ0v) is 7.85. The van der Waals surface area contributed by atoms with Crippen LogP contribution in [-0.2, 0) is 4.74 Å². The van der Waals surface area contributed by atoms with Crippen LogP contribution in [0.1, 0.15) is 27.2 Å². The van der Waals surface area contributed by atoms with E-state index in [2.05, 4.69) is 11.6 Å². The van der Waals surface area contributed by atoms with Crippen LogP contribution in [0.25, 0.3) is 0 Å². The second kappa shape index (κ2) is 4.94. The molecular weight excluding hydrogens is 138 g/mol. The topological polar surface area (TPSA) is 21.6 Å². The zero-order chi connectivity index (χ0) is 8.85. The van der Waals surface area contributed by atoms with Crippen LogP contribution in [0.15, 0.2) is 17.3 Å². The van der Waals surface area contributed by atoms with Crippen LogP contribution in [0.4, 0.5) is 0 Å². The van der Waals surface area contributed by atoms with E-state index < -0.39 is 0 Å². The molecule has 11 heavy (non-hydrogen) atoms. The van der Waals surface area contributed by atoms with Gasteiger partial charge in [-0.1, -0.05) is 27.4 Å². The first kappa shape index (κ1) is 10.2. The predicted octanol–water partition coefficient (Wildman–Crippen LogP) is 2.61. The maximum absolute atomic E-state index is 5.07. The van der Waals surface area contributed by atoms with Crippen molar-refractivity contribution in [3.8, 4) is 0 Å². The van der Waals surface area contributed by atoms with E-state index >= 15 is 0 Å². The summed E-state index contributed by atoms with van der Waals surface area (Å²) in [5, 5.41) is 0. The van der Waals surface area contributed by atoms with Crippen LogP contribution < -0.4 is 0 Å². The first-order chi connectivity index (χ1) is 5.11. The van der Waals surface area contributed by atoms with Crippen molar-refractivity contribution < 1.29 is 4.74 Å². The lowest BCUT2D eigenvalue weighted by Crippen LogP contribution is -2.09. The Morgan fingerprint density at radius 1 is 1.55 bits per heavy atom. The van der Waals surface area contributed by atoms with E-state index in [1.807, 2.05) is 20.8 Å². The Bertz CT molecular complexity index is 159. The Kier molecular flexibility index (Phi) is 4.59. The van der Waals surface area contributed by atoms with Gasteiger partial charge in [0.15, 0.2) is 5.90 Å². The first-order valence-electron chi connectivity index (χ1n) is 3.92. The van der Waals surface area contributed by atoms with Crippen molar-refractivity contribution in [2.24, 2.45) is 10.9 Å². The molecule has 0 radical (unpaired) electrons. The molecule has 0 unspecified atom stereocenters. The monoisotopic (exact) mass is 155 g/mol. The molecule has 0 fully saturated rings. The van der Waals surface area contributed by atoms with E-state index in [0.29, 0.717) is 5.92 Å². The smallest absolute Gasteiger partial charge is 0.190 e. The van der Waals surface area contributed by atoms with E-state index in [4.69, 9.17) is 4.74 Å². The summed E-state index contributed by atoms with van der Waals surface area (Å²) in [5.41, 5.74) is 0.871. The number of nitrogens with zero attached hydrogens (tertiary/aromatic N) is 1. The Morgan fingerprint density at radius 3 is 2.36 bits per heavy atom. The summed E-state index contributed by atoms with van der Waals surface area (Å²) in [6.07, 6.45) is 0.875. The lowest BCUT2D eigenvalue weighted by atomic mass is 10.2. The molecule has 0 aliphatic rings. The second-order valence-corrected chi connectivity index (χ2v) is 2.73. The van der Waals surface area contributed by atoms with Gasteiger partial charge < -0.3 is 4.74 Å². The van der Waals surface area contributed by atoms with Gasteiger partial charge >= 0.3 is 0 Å². The molecule has 0 aromatic carbocycles. The van der Waals surface area contributed by atoms with Crippen molar-refractivity contribution >= 4 is 5.90 Å². The van der Waals surface area contributed by atoms with Crippen molar-refractivity contribution in [3.05, 3.63) is 12.3 Å². The Hall–Kier alpha value is -0.790. The van der Waals surface area contributed by atoms with Gasteiger partial charge in [0.2, 0.25) is 0 Å². The summed E-state index contributed by atoms with van der Waals surface area (Å²) >= 11 is 0.